The molecule has 1 saturated carbocycles. The number of fused-ring (bicyclic) bond motifs is 1. The van der Waals surface area contributed by atoms with Crippen molar-refractivity contribution in [1.29, 1.82) is 0 Å². The van der Waals surface area contributed by atoms with Gasteiger partial charge in [0.15, 0.2) is 5.82 Å². The number of aromatic nitrogens is 4. The van der Waals surface area contributed by atoms with E-state index in [4.69, 9.17) is 9.47 Å². The summed E-state index contributed by atoms with van der Waals surface area (Å²) < 4.78 is 14.5. The molecule has 4 heterocycles. The number of nitrogens with zero attached hydrogens (tertiary/aromatic N) is 4. The predicted octanol–water partition coefficient (Wildman–Crippen LogP) is 0.370. The molecular weight excluding hydrogens is 416 g/mol. The number of tetrazole rings is 1. The Morgan fingerprint density at radius 1 is 1.00 bits per heavy atom. The first kappa shape index (κ1) is 21.6. The van der Waals surface area contributed by atoms with Gasteiger partial charge in [-0.05, 0) is 29.3 Å². The van der Waals surface area contributed by atoms with Crippen LogP contribution >= 0.6 is 0 Å². The molecule has 0 amide bonds. The van der Waals surface area contributed by atoms with Gasteiger partial charge in [0.2, 0.25) is 0 Å². The van der Waals surface area contributed by atoms with Gasteiger partial charge in [-0.3, -0.25) is 0 Å². The number of rotatable bonds is 7. The summed E-state index contributed by atoms with van der Waals surface area (Å²) in [4.78, 5) is 1.67. The van der Waals surface area contributed by atoms with E-state index in [9.17, 15) is 0 Å². The molecule has 8 heteroatoms. The van der Waals surface area contributed by atoms with Gasteiger partial charge in [-0.2, -0.15) is 0 Å². The minimum Gasteiger partial charge on any atom is -0.367 e. The summed E-state index contributed by atoms with van der Waals surface area (Å²) in [7, 11) is 0. The summed E-state index contributed by atoms with van der Waals surface area (Å²) in [6.07, 6.45) is 9.81. The van der Waals surface area contributed by atoms with E-state index in [-0.39, 0.29) is 18.2 Å². The van der Waals surface area contributed by atoms with E-state index in [0.717, 1.165) is 30.5 Å². The normalized spacial score (nSPS) is 30.8. The van der Waals surface area contributed by atoms with Crippen LogP contribution in [0.5, 0.6) is 0 Å². The first-order valence-corrected chi connectivity index (χ1v) is 13.1. The smallest absolute Gasteiger partial charge is 0.182 e. The average Bonchev–Trinajstić information content (AvgIpc) is 3.64. The molecule has 0 spiro atoms. The molecule has 0 bridgehead atoms. The molecule has 4 atom stereocenters. The Bertz CT molecular complexity index is 923. The first-order valence-electron chi connectivity index (χ1n) is 13.1. The second-order valence-corrected chi connectivity index (χ2v) is 10.6. The van der Waals surface area contributed by atoms with Crippen molar-refractivity contribution in [3.05, 3.63) is 29.8 Å². The SMILES string of the molecule is c1cc(C[NH+]2CCCC2)cc(-c2nnnn2[C@H]2CO[C@H]3[C@@H]2OC[C@@H]3[NH2+]CC2CCCCC2)c1. The van der Waals surface area contributed by atoms with Crippen molar-refractivity contribution in [3.63, 3.8) is 0 Å². The third-order valence-electron chi connectivity index (χ3n) is 8.32. The predicted molar refractivity (Wildman–Crippen MR) is 123 cm³/mol. The quantitative estimate of drug-likeness (QED) is 0.632. The Kier molecular flexibility index (Phi) is 6.42. The Morgan fingerprint density at radius 3 is 2.73 bits per heavy atom. The van der Waals surface area contributed by atoms with Crippen LogP contribution in [0.4, 0.5) is 0 Å². The van der Waals surface area contributed by atoms with Gasteiger partial charge in [-0.1, -0.05) is 37.5 Å². The van der Waals surface area contributed by atoms with Crippen LogP contribution in [0, 0.1) is 5.92 Å². The molecule has 33 heavy (non-hydrogen) atoms. The van der Waals surface area contributed by atoms with Crippen LogP contribution in [-0.2, 0) is 16.0 Å². The molecule has 178 valence electrons. The largest absolute Gasteiger partial charge is 0.367 e. The van der Waals surface area contributed by atoms with E-state index in [1.54, 1.807) is 4.90 Å². The van der Waals surface area contributed by atoms with Crippen molar-refractivity contribution in [2.75, 3.05) is 32.8 Å². The number of quaternary nitrogens is 2. The number of nitrogens with one attached hydrogen (secondary N) is 1. The lowest BCUT2D eigenvalue weighted by Crippen LogP contribution is -3.08. The molecule has 4 fully saturated rings. The molecule has 1 aromatic carbocycles. The zero-order valence-electron chi connectivity index (χ0n) is 19.6. The Morgan fingerprint density at radius 2 is 1.85 bits per heavy atom. The zero-order valence-corrected chi connectivity index (χ0v) is 19.6. The maximum Gasteiger partial charge on any atom is 0.182 e. The van der Waals surface area contributed by atoms with E-state index >= 15 is 0 Å². The van der Waals surface area contributed by atoms with Crippen LogP contribution in [0.15, 0.2) is 24.3 Å². The maximum absolute atomic E-state index is 6.29. The van der Waals surface area contributed by atoms with Gasteiger partial charge in [0.05, 0.1) is 26.2 Å². The number of ether oxygens (including phenoxy) is 2. The first-order chi connectivity index (χ1) is 16.3. The number of hydrogen-bond acceptors (Lipinski definition) is 5. The third-order valence-corrected chi connectivity index (χ3v) is 8.32. The van der Waals surface area contributed by atoms with Crippen molar-refractivity contribution >= 4 is 0 Å². The Hall–Kier alpha value is -1.87. The van der Waals surface area contributed by atoms with Crippen molar-refractivity contribution in [1.82, 2.24) is 20.2 Å². The van der Waals surface area contributed by atoms with Gasteiger partial charge >= 0.3 is 0 Å². The van der Waals surface area contributed by atoms with E-state index in [2.05, 4.69) is 45.1 Å². The highest BCUT2D eigenvalue weighted by Crippen LogP contribution is 2.35. The topological polar surface area (TPSA) is 83.1 Å². The summed E-state index contributed by atoms with van der Waals surface area (Å²) in [6.45, 7) is 6.20. The number of nitrogens with two attached hydrogens (primary N) is 1. The summed E-state index contributed by atoms with van der Waals surface area (Å²) in [5.74, 6) is 1.68. The lowest BCUT2D eigenvalue weighted by molar-refractivity contribution is -0.901. The lowest BCUT2D eigenvalue weighted by Gasteiger charge is -2.22. The van der Waals surface area contributed by atoms with E-state index in [0.29, 0.717) is 12.6 Å². The number of likely N-dealkylation sites (tertiary alicyclic amines) is 1. The van der Waals surface area contributed by atoms with Crippen LogP contribution in [-0.4, -0.2) is 71.3 Å². The lowest BCUT2D eigenvalue weighted by atomic mass is 9.89. The molecule has 8 nitrogen and oxygen atoms in total. The van der Waals surface area contributed by atoms with Gasteiger partial charge in [0, 0.05) is 29.9 Å². The van der Waals surface area contributed by atoms with Crippen molar-refractivity contribution in [2.24, 2.45) is 5.92 Å². The monoisotopic (exact) mass is 454 g/mol. The molecule has 2 aromatic rings. The molecular formula is C25H38N6O2+2. The molecule has 1 aliphatic carbocycles. The van der Waals surface area contributed by atoms with Crippen LogP contribution in [0.3, 0.4) is 0 Å². The molecule has 6 rings (SSSR count). The standard InChI is InChI=1S/C25H36N6O2/c1-2-7-18(8-3-1)14-26-21-16-32-24-22(17-33-23(21)24)31-25(27-28-29-31)20-10-6-9-19(13-20)15-30-11-4-5-12-30/h6,9-10,13,18,21-24,26H,1-5,7-8,11-12,14-17H2/p+2/t21-,22-,23+,24+/m0/s1. The third kappa shape index (κ3) is 4.58. The van der Waals surface area contributed by atoms with Crippen molar-refractivity contribution < 1.29 is 19.7 Å². The van der Waals surface area contributed by atoms with Crippen molar-refractivity contribution in [2.45, 2.75) is 75.8 Å². The van der Waals surface area contributed by atoms with Crippen LogP contribution in [0.25, 0.3) is 11.4 Å². The molecule has 0 radical (unpaired) electrons. The van der Waals surface area contributed by atoms with Gasteiger partial charge in [0.25, 0.3) is 0 Å². The van der Waals surface area contributed by atoms with Crippen LogP contribution < -0.4 is 10.2 Å². The van der Waals surface area contributed by atoms with E-state index in [1.165, 1.54) is 70.1 Å². The average molecular weight is 455 g/mol. The Labute approximate surface area is 196 Å². The summed E-state index contributed by atoms with van der Waals surface area (Å²) in [5.41, 5.74) is 2.44. The van der Waals surface area contributed by atoms with E-state index in [1.807, 2.05) is 4.68 Å². The van der Waals surface area contributed by atoms with E-state index < -0.39 is 0 Å². The fraction of sp³-hybridized carbons (Fsp3) is 0.720. The fourth-order valence-corrected chi connectivity index (χ4v) is 6.48. The second-order valence-electron chi connectivity index (χ2n) is 10.6. The molecule has 4 aliphatic rings. The highest BCUT2D eigenvalue weighted by Gasteiger charge is 2.51. The summed E-state index contributed by atoms with van der Waals surface area (Å²) in [6, 6.07) is 9.15. The Balaban J connectivity index is 1.13. The van der Waals surface area contributed by atoms with Gasteiger partial charge < -0.3 is 19.7 Å². The van der Waals surface area contributed by atoms with Gasteiger partial charge in [-0.15, -0.1) is 5.10 Å². The van der Waals surface area contributed by atoms with Crippen LogP contribution in [0.2, 0.25) is 0 Å². The minimum atomic E-state index is 0.0251. The van der Waals surface area contributed by atoms with Gasteiger partial charge in [-0.25, -0.2) is 4.68 Å². The summed E-state index contributed by atoms with van der Waals surface area (Å²) in [5, 5.41) is 15.3. The maximum atomic E-state index is 6.29. The fourth-order valence-electron chi connectivity index (χ4n) is 6.48. The minimum absolute atomic E-state index is 0.0251. The highest BCUT2D eigenvalue weighted by molar-refractivity contribution is 5.55. The number of hydrogen-bond donors (Lipinski definition) is 2. The van der Waals surface area contributed by atoms with Gasteiger partial charge in [0.1, 0.15) is 37.4 Å². The number of benzene rings is 1. The molecule has 3 N–H and O–H groups in total. The highest BCUT2D eigenvalue weighted by atomic mass is 16.6. The molecule has 0 unspecified atom stereocenters. The molecule has 3 saturated heterocycles. The van der Waals surface area contributed by atoms with Crippen molar-refractivity contribution in [3.8, 4) is 11.4 Å². The molecule has 3 aliphatic heterocycles. The zero-order chi connectivity index (χ0) is 22.0. The summed E-state index contributed by atoms with van der Waals surface area (Å²) >= 11 is 0. The second kappa shape index (κ2) is 9.78. The van der Waals surface area contributed by atoms with Crippen LogP contribution in [0.1, 0.15) is 56.6 Å². The molecule has 1 aromatic heterocycles.